The van der Waals surface area contributed by atoms with Crippen LogP contribution in [0.15, 0.2) is 48.3 Å². The lowest BCUT2D eigenvalue weighted by atomic mass is 9.95. The van der Waals surface area contributed by atoms with Crippen molar-refractivity contribution in [2.24, 2.45) is 0 Å². The van der Waals surface area contributed by atoms with Gasteiger partial charge in [-0.15, -0.1) is 0 Å². The first-order valence-corrected chi connectivity index (χ1v) is 10.6. The number of pyridine rings is 1. The maximum atomic E-state index is 13.0. The maximum absolute atomic E-state index is 13.0. The van der Waals surface area contributed by atoms with Crippen LogP contribution < -0.4 is 9.47 Å². The second-order valence-electron chi connectivity index (χ2n) is 7.60. The Kier molecular flexibility index (Phi) is 7.48. The fraction of sp³-hybridized carbons (Fsp3) is 0.375. The quantitative estimate of drug-likeness (QED) is 0.365. The number of likely N-dealkylation sites (tertiary alicyclic amines) is 1. The molecule has 1 aliphatic heterocycles. The van der Waals surface area contributed by atoms with E-state index in [1.165, 1.54) is 17.3 Å². The largest absolute Gasteiger partial charge is 0.507 e. The van der Waals surface area contributed by atoms with E-state index in [1.54, 1.807) is 30.3 Å². The third kappa shape index (κ3) is 4.75. The molecule has 0 bridgehead atoms. The zero-order chi connectivity index (χ0) is 23.3. The highest BCUT2D eigenvalue weighted by Crippen LogP contribution is 2.41. The molecule has 2 aromatic rings. The molecule has 0 aliphatic carbocycles. The molecule has 8 nitrogen and oxygen atoms in total. The van der Waals surface area contributed by atoms with Gasteiger partial charge in [0.2, 0.25) is 0 Å². The molecule has 1 unspecified atom stereocenters. The minimum absolute atomic E-state index is 0.0477. The lowest BCUT2D eigenvalue weighted by Gasteiger charge is -2.27. The summed E-state index contributed by atoms with van der Waals surface area (Å²) in [4.78, 5) is 33.4. The number of aliphatic hydroxyl groups is 1. The van der Waals surface area contributed by atoms with E-state index in [1.807, 2.05) is 32.8 Å². The van der Waals surface area contributed by atoms with Gasteiger partial charge >= 0.3 is 0 Å². The molecule has 0 saturated carbocycles. The molecule has 32 heavy (non-hydrogen) atoms. The number of rotatable bonds is 9. The number of aliphatic hydroxyl groups excluding tert-OH is 1. The smallest absolute Gasteiger partial charge is 0.295 e. The zero-order valence-electron chi connectivity index (χ0n) is 18.9. The summed E-state index contributed by atoms with van der Waals surface area (Å²) in [5.41, 5.74) is 1.13. The molecule has 1 fully saturated rings. The van der Waals surface area contributed by atoms with Gasteiger partial charge in [-0.3, -0.25) is 14.6 Å². The average Bonchev–Trinajstić information content (AvgIpc) is 3.04. The number of ketones is 1. The van der Waals surface area contributed by atoms with Crippen molar-refractivity contribution in [2.75, 3.05) is 40.4 Å². The predicted molar refractivity (Wildman–Crippen MR) is 121 cm³/mol. The fourth-order valence-corrected chi connectivity index (χ4v) is 3.67. The Morgan fingerprint density at radius 2 is 1.72 bits per heavy atom. The number of benzene rings is 1. The SMILES string of the molecule is CCOc1ccc(C2/C(=C(\O)c3ccncc3)C(=O)C(=O)N2CCN(C)C)cc1OCC. The van der Waals surface area contributed by atoms with Crippen molar-refractivity contribution in [1.29, 1.82) is 0 Å². The highest BCUT2D eigenvalue weighted by Gasteiger charge is 2.46. The van der Waals surface area contributed by atoms with E-state index < -0.39 is 17.7 Å². The Hall–Kier alpha value is -3.39. The Morgan fingerprint density at radius 1 is 1.06 bits per heavy atom. The molecule has 1 aliphatic rings. The third-order valence-electron chi connectivity index (χ3n) is 5.17. The van der Waals surface area contributed by atoms with Gasteiger partial charge in [0.05, 0.1) is 24.8 Å². The van der Waals surface area contributed by atoms with Gasteiger partial charge < -0.3 is 24.4 Å². The molecule has 2 heterocycles. The molecule has 1 atom stereocenters. The number of aromatic nitrogens is 1. The standard InChI is InChI=1S/C24H29N3O5/c1-5-31-18-8-7-17(15-19(18)32-6-2)21-20(22(28)16-9-11-25-12-10-16)23(29)24(30)27(21)14-13-26(3)4/h7-12,15,21,28H,5-6,13-14H2,1-4H3/b22-20+. The van der Waals surface area contributed by atoms with Gasteiger partial charge in [-0.1, -0.05) is 6.07 Å². The number of Topliss-reactive ketones (excluding diaryl/α,β-unsaturated/α-hetero) is 1. The minimum atomic E-state index is -0.752. The van der Waals surface area contributed by atoms with Crippen LogP contribution in [-0.4, -0.2) is 72.0 Å². The summed E-state index contributed by atoms with van der Waals surface area (Å²) in [6.45, 7) is 5.55. The number of carbonyl (C=O) groups excluding carboxylic acids is 2. The number of amides is 1. The Labute approximate surface area is 188 Å². The maximum Gasteiger partial charge on any atom is 0.295 e. The Balaban J connectivity index is 2.16. The number of carbonyl (C=O) groups is 2. The lowest BCUT2D eigenvalue weighted by Crippen LogP contribution is -2.35. The van der Waals surface area contributed by atoms with Gasteiger partial charge in [-0.2, -0.15) is 0 Å². The topological polar surface area (TPSA) is 92.2 Å². The van der Waals surface area contributed by atoms with Crippen LogP contribution in [-0.2, 0) is 9.59 Å². The van der Waals surface area contributed by atoms with Crippen LogP contribution in [0.5, 0.6) is 11.5 Å². The summed E-state index contributed by atoms with van der Waals surface area (Å²) >= 11 is 0. The molecule has 170 valence electrons. The number of hydrogen-bond donors (Lipinski definition) is 1. The van der Waals surface area contributed by atoms with Crippen LogP contribution in [0.1, 0.15) is 31.0 Å². The predicted octanol–water partition coefficient (Wildman–Crippen LogP) is 2.86. The monoisotopic (exact) mass is 439 g/mol. The summed E-state index contributed by atoms with van der Waals surface area (Å²) in [6.07, 6.45) is 3.05. The van der Waals surface area contributed by atoms with E-state index in [0.29, 0.717) is 48.9 Å². The molecule has 1 amide bonds. The summed E-state index contributed by atoms with van der Waals surface area (Å²) in [7, 11) is 3.79. The lowest BCUT2D eigenvalue weighted by molar-refractivity contribution is -0.140. The van der Waals surface area contributed by atoms with E-state index in [-0.39, 0.29) is 11.3 Å². The van der Waals surface area contributed by atoms with Gasteiger partial charge in [-0.25, -0.2) is 0 Å². The fourth-order valence-electron chi connectivity index (χ4n) is 3.67. The molecule has 0 spiro atoms. The highest BCUT2D eigenvalue weighted by atomic mass is 16.5. The van der Waals surface area contributed by atoms with Gasteiger partial charge in [0.25, 0.3) is 11.7 Å². The van der Waals surface area contributed by atoms with E-state index in [9.17, 15) is 14.7 Å². The molecular weight excluding hydrogens is 410 g/mol. The van der Waals surface area contributed by atoms with Crippen molar-refractivity contribution in [3.05, 3.63) is 59.4 Å². The highest BCUT2D eigenvalue weighted by molar-refractivity contribution is 6.46. The first-order chi connectivity index (χ1) is 15.4. The Morgan fingerprint density at radius 3 is 2.34 bits per heavy atom. The van der Waals surface area contributed by atoms with Crippen LogP contribution in [0, 0.1) is 0 Å². The normalized spacial score (nSPS) is 17.8. The minimum Gasteiger partial charge on any atom is -0.507 e. The van der Waals surface area contributed by atoms with Crippen LogP contribution in [0.4, 0.5) is 0 Å². The van der Waals surface area contributed by atoms with E-state index in [0.717, 1.165) is 0 Å². The van der Waals surface area contributed by atoms with Crippen molar-refractivity contribution in [1.82, 2.24) is 14.8 Å². The Bertz CT molecular complexity index is 1000. The third-order valence-corrected chi connectivity index (χ3v) is 5.17. The summed E-state index contributed by atoms with van der Waals surface area (Å²) in [6, 6.07) is 7.79. The first-order valence-electron chi connectivity index (χ1n) is 10.6. The number of nitrogens with zero attached hydrogens (tertiary/aromatic N) is 3. The molecule has 0 radical (unpaired) electrons. The van der Waals surface area contributed by atoms with Crippen LogP contribution >= 0.6 is 0 Å². The van der Waals surface area contributed by atoms with Gasteiger partial charge in [0, 0.05) is 31.0 Å². The average molecular weight is 440 g/mol. The van der Waals surface area contributed by atoms with Crippen molar-refractivity contribution in [3.8, 4) is 11.5 Å². The van der Waals surface area contributed by atoms with Gasteiger partial charge in [-0.05, 0) is 57.8 Å². The van der Waals surface area contributed by atoms with E-state index >= 15 is 0 Å². The van der Waals surface area contributed by atoms with Gasteiger partial charge in [0.15, 0.2) is 11.5 Å². The molecule has 8 heteroatoms. The molecule has 1 aromatic carbocycles. The molecule has 1 aromatic heterocycles. The zero-order valence-corrected chi connectivity index (χ0v) is 18.9. The van der Waals surface area contributed by atoms with Crippen molar-refractivity contribution >= 4 is 17.4 Å². The first kappa shape index (κ1) is 23.3. The van der Waals surface area contributed by atoms with Crippen molar-refractivity contribution < 1.29 is 24.2 Å². The van der Waals surface area contributed by atoms with E-state index in [2.05, 4.69) is 4.98 Å². The summed E-state index contributed by atoms with van der Waals surface area (Å²) in [5.74, 6) is -0.476. The second kappa shape index (κ2) is 10.3. The number of hydrogen-bond acceptors (Lipinski definition) is 7. The van der Waals surface area contributed by atoms with Crippen molar-refractivity contribution in [3.63, 3.8) is 0 Å². The molecule has 3 rings (SSSR count). The second-order valence-corrected chi connectivity index (χ2v) is 7.60. The summed E-state index contributed by atoms with van der Waals surface area (Å²) in [5, 5.41) is 11.0. The molecule has 1 N–H and O–H groups in total. The molecule has 1 saturated heterocycles. The van der Waals surface area contributed by atoms with Crippen LogP contribution in [0.2, 0.25) is 0 Å². The number of ether oxygens (including phenoxy) is 2. The molecular formula is C24H29N3O5. The number of likely N-dealkylation sites (N-methyl/N-ethyl adjacent to an activating group) is 1. The van der Waals surface area contributed by atoms with Crippen molar-refractivity contribution in [2.45, 2.75) is 19.9 Å². The van der Waals surface area contributed by atoms with Crippen LogP contribution in [0.25, 0.3) is 5.76 Å². The van der Waals surface area contributed by atoms with Gasteiger partial charge in [0.1, 0.15) is 5.76 Å². The van der Waals surface area contributed by atoms with Crippen LogP contribution in [0.3, 0.4) is 0 Å². The summed E-state index contributed by atoms with van der Waals surface area (Å²) < 4.78 is 11.4. The van der Waals surface area contributed by atoms with E-state index in [4.69, 9.17) is 9.47 Å².